The van der Waals surface area contributed by atoms with Gasteiger partial charge >= 0.3 is 0 Å². The van der Waals surface area contributed by atoms with Crippen LogP contribution in [0.4, 0.5) is 5.13 Å². The van der Waals surface area contributed by atoms with E-state index in [9.17, 15) is 4.79 Å². The van der Waals surface area contributed by atoms with Crippen LogP contribution in [-0.2, 0) is 4.79 Å². The Bertz CT molecular complexity index is 1200. The summed E-state index contributed by atoms with van der Waals surface area (Å²) >= 11 is 3.02. The normalized spacial score (nSPS) is 11.2. The number of carbonyl (C=O) groups excluding carboxylic acids is 1. The maximum absolute atomic E-state index is 13.2. The Morgan fingerprint density at radius 3 is 2.48 bits per heavy atom. The third kappa shape index (κ3) is 4.84. The van der Waals surface area contributed by atoms with E-state index in [0.717, 1.165) is 21.7 Å². The van der Waals surface area contributed by atoms with E-state index in [-0.39, 0.29) is 5.91 Å². The van der Waals surface area contributed by atoms with E-state index in [2.05, 4.69) is 10.3 Å². The highest BCUT2D eigenvalue weighted by molar-refractivity contribution is 7.16. The van der Waals surface area contributed by atoms with Gasteiger partial charge in [0.1, 0.15) is 0 Å². The maximum atomic E-state index is 13.2. The van der Waals surface area contributed by atoms with Gasteiger partial charge in [0.25, 0.3) is 5.91 Å². The number of carbonyl (C=O) groups is 1. The minimum Gasteiger partial charge on any atom is -0.493 e. The smallest absolute Gasteiger partial charge is 0.258 e. The molecule has 0 aliphatic heterocycles. The number of thiazole rings is 1. The number of anilines is 1. The lowest BCUT2D eigenvalue weighted by Gasteiger charge is -2.10. The van der Waals surface area contributed by atoms with E-state index < -0.39 is 0 Å². The molecule has 5 nitrogen and oxygen atoms in total. The van der Waals surface area contributed by atoms with E-state index in [0.29, 0.717) is 22.2 Å². The Morgan fingerprint density at radius 2 is 1.77 bits per heavy atom. The third-order valence-corrected chi connectivity index (χ3v) is 6.20. The molecule has 0 bridgehead atoms. The van der Waals surface area contributed by atoms with Gasteiger partial charge in [-0.1, -0.05) is 42.5 Å². The third-order valence-electron chi connectivity index (χ3n) is 4.55. The Morgan fingerprint density at radius 1 is 0.968 bits per heavy atom. The number of nitrogens with zero attached hydrogens (tertiary/aromatic N) is 1. The molecule has 0 spiro atoms. The topological polar surface area (TPSA) is 60.5 Å². The number of hydrogen-bond acceptors (Lipinski definition) is 6. The SMILES string of the molecule is COc1ccc(/C=C(/C(=O)Nc2nc(-c3cccs3)cs2)c2ccccc2)cc1OC. The van der Waals surface area contributed by atoms with Gasteiger partial charge in [0, 0.05) is 11.0 Å². The number of rotatable bonds is 7. The first-order valence-corrected chi connectivity index (χ1v) is 11.2. The van der Waals surface area contributed by atoms with Crippen LogP contribution < -0.4 is 14.8 Å². The van der Waals surface area contributed by atoms with Crippen molar-refractivity contribution in [2.24, 2.45) is 0 Å². The fraction of sp³-hybridized carbons (Fsp3) is 0.0833. The fourth-order valence-corrected chi connectivity index (χ4v) is 4.51. The lowest BCUT2D eigenvalue weighted by atomic mass is 10.0. The molecule has 31 heavy (non-hydrogen) atoms. The molecule has 0 saturated carbocycles. The molecular weight excluding hydrogens is 428 g/mol. The first kappa shape index (κ1) is 20.8. The van der Waals surface area contributed by atoms with Crippen LogP contribution in [-0.4, -0.2) is 25.1 Å². The highest BCUT2D eigenvalue weighted by atomic mass is 32.1. The molecule has 0 saturated heterocycles. The molecule has 0 atom stereocenters. The Balaban J connectivity index is 1.66. The molecule has 2 heterocycles. The molecule has 4 rings (SSSR count). The zero-order valence-electron chi connectivity index (χ0n) is 17.0. The van der Waals surface area contributed by atoms with Gasteiger partial charge in [-0.15, -0.1) is 22.7 Å². The van der Waals surface area contributed by atoms with Gasteiger partial charge < -0.3 is 9.47 Å². The van der Waals surface area contributed by atoms with Gasteiger partial charge in [0.05, 0.1) is 24.8 Å². The van der Waals surface area contributed by atoms with Gasteiger partial charge in [-0.25, -0.2) is 4.98 Å². The number of amides is 1. The summed E-state index contributed by atoms with van der Waals surface area (Å²) in [5.41, 5.74) is 3.02. The van der Waals surface area contributed by atoms with Crippen LogP contribution in [0.25, 0.3) is 22.2 Å². The first-order chi connectivity index (χ1) is 15.2. The molecule has 1 N–H and O–H groups in total. The van der Waals surface area contributed by atoms with E-state index in [4.69, 9.17) is 9.47 Å². The quantitative estimate of drug-likeness (QED) is 0.275. The van der Waals surface area contributed by atoms with Gasteiger partial charge in [0.2, 0.25) is 0 Å². The van der Waals surface area contributed by atoms with E-state index in [1.165, 1.54) is 11.3 Å². The molecule has 0 aliphatic rings. The van der Waals surface area contributed by atoms with E-state index in [1.54, 1.807) is 25.6 Å². The van der Waals surface area contributed by atoms with Crippen LogP contribution in [0.3, 0.4) is 0 Å². The van der Waals surface area contributed by atoms with Crippen LogP contribution in [0, 0.1) is 0 Å². The summed E-state index contributed by atoms with van der Waals surface area (Å²) < 4.78 is 10.7. The monoisotopic (exact) mass is 448 g/mol. The number of ether oxygens (including phenoxy) is 2. The summed E-state index contributed by atoms with van der Waals surface area (Å²) in [5, 5.41) is 7.45. The van der Waals surface area contributed by atoms with Crippen LogP contribution >= 0.6 is 22.7 Å². The van der Waals surface area contributed by atoms with Crippen molar-refractivity contribution in [2.75, 3.05) is 19.5 Å². The highest BCUT2D eigenvalue weighted by Crippen LogP contribution is 2.31. The van der Waals surface area contributed by atoms with Crippen molar-refractivity contribution in [3.05, 3.63) is 82.6 Å². The van der Waals surface area contributed by atoms with Crippen molar-refractivity contribution in [2.45, 2.75) is 0 Å². The molecule has 0 fully saturated rings. The molecule has 2 aromatic heterocycles. The minimum absolute atomic E-state index is 0.229. The van der Waals surface area contributed by atoms with Gasteiger partial charge in [-0.3, -0.25) is 10.1 Å². The van der Waals surface area contributed by atoms with E-state index >= 15 is 0 Å². The van der Waals surface area contributed by atoms with Crippen LogP contribution in [0.5, 0.6) is 11.5 Å². The Labute approximate surface area is 188 Å². The Kier molecular flexibility index (Phi) is 6.45. The highest BCUT2D eigenvalue weighted by Gasteiger charge is 2.15. The largest absolute Gasteiger partial charge is 0.493 e. The summed E-state index contributed by atoms with van der Waals surface area (Å²) in [5.74, 6) is 1.01. The lowest BCUT2D eigenvalue weighted by molar-refractivity contribution is -0.111. The molecule has 0 aliphatic carbocycles. The van der Waals surface area contributed by atoms with Crippen molar-refractivity contribution < 1.29 is 14.3 Å². The zero-order chi connectivity index (χ0) is 21.6. The van der Waals surface area contributed by atoms with Crippen LogP contribution in [0.15, 0.2) is 71.4 Å². The Hall–Kier alpha value is -3.42. The molecule has 156 valence electrons. The number of thiophene rings is 1. The summed E-state index contributed by atoms with van der Waals surface area (Å²) in [7, 11) is 3.18. The molecule has 0 radical (unpaired) electrons. The average molecular weight is 449 g/mol. The van der Waals surface area contributed by atoms with Gasteiger partial charge in [-0.05, 0) is 40.8 Å². The van der Waals surface area contributed by atoms with Crippen molar-refractivity contribution in [3.8, 4) is 22.1 Å². The molecular formula is C24H20N2O3S2. The van der Waals surface area contributed by atoms with Crippen molar-refractivity contribution in [1.29, 1.82) is 0 Å². The number of benzene rings is 2. The molecule has 1 amide bonds. The number of methoxy groups -OCH3 is 2. The molecule has 0 unspecified atom stereocenters. The van der Waals surface area contributed by atoms with E-state index in [1.807, 2.05) is 77.5 Å². The fourth-order valence-electron chi connectivity index (χ4n) is 3.04. The summed E-state index contributed by atoms with van der Waals surface area (Å²) in [6.45, 7) is 0. The molecule has 4 aromatic rings. The maximum Gasteiger partial charge on any atom is 0.258 e. The lowest BCUT2D eigenvalue weighted by Crippen LogP contribution is -2.13. The second kappa shape index (κ2) is 9.59. The van der Waals surface area contributed by atoms with Crippen molar-refractivity contribution >= 4 is 45.4 Å². The van der Waals surface area contributed by atoms with Crippen molar-refractivity contribution in [3.63, 3.8) is 0 Å². The van der Waals surface area contributed by atoms with Crippen LogP contribution in [0.2, 0.25) is 0 Å². The molecule has 7 heteroatoms. The van der Waals surface area contributed by atoms with Gasteiger partial charge in [-0.2, -0.15) is 0 Å². The number of nitrogens with one attached hydrogen (secondary N) is 1. The summed E-state index contributed by atoms with van der Waals surface area (Å²) in [6.07, 6.45) is 1.83. The second-order valence-corrected chi connectivity index (χ2v) is 8.31. The summed E-state index contributed by atoms with van der Waals surface area (Å²) in [6, 6.07) is 19.1. The first-order valence-electron chi connectivity index (χ1n) is 9.48. The number of hydrogen-bond donors (Lipinski definition) is 1. The number of aromatic nitrogens is 1. The average Bonchev–Trinajstić information content (AvgIpc) is 3.50. The standard InChI is InChI=1S/C24H20N2O3S2/c1-28-20-11-10-16(14-21(20)29-2)13-18(17-7-4-3-5-8-17)23(27)26-24-25-19(15-31-24)22-9-6-12-30-22/h3-15H,1-2H3,(H,25,26,27)/b18-13+. The predicted molar refractivity (Wildman–Crippen MR) is 128 cm³/mol. The minimum atomic E-state index is -0.229. The van der Waals surface area contributed by atoms with Gasteiger partial charge in [0.15, 0.2) is 16.6 Å². The molecule has 2 aromatic carbocycles. The zero-order valence-corrected chi connectivity index (χ0v) is 18.6. The second-order valence-electron chi connectivity index (χ2n) is 6.51. The van der Waals surface area contributed by atoms with Crippen LogP contribution in [0.1, 0.15) is 11.1 Å². The predicted octanol–water partition coefficient (Wildman–Crippen LogP) is 6.07. The van der Waals surface area contributed by atoms with Crippen molar-refractivity contribution in [1.82, 2.24) is 4.98 Å². The summed E-state index contributed by atoms with van der Waals surface area (Å²) in [4.78, 5) is 18.9.